The molecule has 92 valence electrons. The number of benzene rings is 1. The third-order valence-electron chi connectivity index (χ3n) is 2.96. The number of halogens is 2. The van der Waals surface area contributed by atoms with Crippen LogP contribution in [-0.4, -0.2) is 12.6 Å². The second-order valence-corrected chi connectivity index (χ2v) is 4.71. The van der Waals surface area contributed by atoms with E-state index < -0.39 is 0 Å². The van der Waals surface area contributed by atoms with Crippen LogP contribution >= 0.6 is 15.9 Å². The van der Waals surface area contributed by atoms with Crippen LogP contribution < -0.4 is 4.90 Å². The Kier molecular flexibility index (Phi) is 4.95. The van der Waals surface area contributed by atoms with Crippen molar-refractivity contribution in [2.75, 3.05) is 11.4 Å². The molecule has 0 spiro atoms. The lowest BCUT2D eigenvalue weighted by atomic mass is 10.1. The van der Waals surface area contributed by atoms with Gasteiger partial charge in [0.05, 0.1) is 15.7 Å². The molecular formula is C13H16BrFN2. The molecule has 1 rings (SSSR count). The average molecular weight is 299 g/mol. The van der Waals surface area contributed by atoms with Crippen molar-refractivity contribution in [1.82, 2.24) is 0 Å². The average Bonchev–Trinajstić information content (AvgIpc) is 2.35. The molecule has 1 atom stereocenters. The molecule has 0 aliphatic rings. The Morgan fingerprint density at radius 2 is 2.12 bits per heavy atom. The van der Waals surface area contributed by atoms with Gasteiger partial charge in [0.25, 0.3) is 0 Å². The molecule has 0 heterocycles. The van der Waals surface area contributed by atoms with Gasteiger partial charge >= 0.3 is 0 Å². The van der Waals surface area contributed by atoms with E-state index in [1.54, 1.807) is 12.1 Å². The number of rotatable bonds is 4. The maximum atomic E-state index is 14.1. The molecule has 0 bridgehead atoms. The van der Waals surface area contributed by atoms with Gasteiger partial charge in [-0.1, -0.05) is 6.92 Å². The van der Waals surface area contributed by atoms with Crippen molar-refractivity contribution in [3.63, 3.8) is 0 Å². The van der Waals surface area contributed by atoms with Crippen molar-refractivity contribution in [3.05, 3.63) is 28.0 Å². The molecule has 0 radical (unpaired) electrons. The SMILES string of the molecule is CCC(C)N(CC)c1ccc(C#N)c(Br)c1F. The van der Waals surface area contributed by atoms with E-state index in [9.17, 15) is 4.39 Å². The van der Waals surface area contributed by atoms with Gasteiger partial charge < -0.3 is 4.90 Å². The standard InChI is InChI=1S/C13H16BrFN2/c1-4-9(3)17(5-2)11-7-6-10(8-16)12(14)13(11)15/h6-7,9H,4-5H2,1-3H3. The van der Waals surface area contributed by atoms with Gasteiger partial charge in [-0.05, 0) is 48.3 Å². The summed E-state index contributed by atoms with van der Waals surface area (Å²) < 4.78 is 14.4. The van der Waals surface area contributed by atoms with Crippen LogP contribution in [0.4, 0.5) is 10.1 Å². The van der Waals surface area contributed by atoms with Crippen LogP contribution in [0.3, 0.4) is 0 Å². The first-order valence-corrected chi connectivity index (χ1v) is 6.50. The van der Waals surface area contributed by atoms with Crippen LogP contribution in [-0.2, 0) is 0 Å². The second kappa shape index (κ2) is 6.02. The van der Waals surface area contributed by atoms with Gasteiger partial charge in [-0.15, -0.1) is 0 Å². The third kappa shape index (κ3) is 2.78. The fourth-order valence-electron chi connectivity index (χ4n) is 1.79. The van der Waals surface area contributed by atoms with Crippen molar-refractivity contribution in [1.29, 1.82) is 5.26 Å². The first-order chi connectivity index (χ1) is 8.06. The number of hydrogen-bond donors (Lipinski definition) is 0. The van der Waals surface area contributed by atoms with Gasteiger partial charge in [-0.25, -0.2) is 4.39 Å². The summed E-state index contributed by atoms with van der Waals surface area (Å²) in [6.07, 6.45) is 0.949. The summed E-state index contributed by atoms with van der Waals surface area (Å²) in [6.45, 7) is 6.88. The maximum absolute atomic E-state index is 14.1. The van der Waals surface area contributed by atoms with Gasteiger partial charge in [-0.2, -0.15) is 5.26 Å². The van der Waals surface area contributed by atoms with Crippen molar-refractivity contribution in [3.8, 4) is 6.07 Å². The van der Waals surface area contributed by atoms with E-state index >= 15 is 0 Å². The van der Waals surface area contributed by atoms with Gasteiger partial charge in [-0.3, -0.25) is 0 Å². The molecule has 4 heteroatoms. The highest BCUT2D eigenvalue weighted by Gasteiger charge is 2.18. The lowest BCUT2D eigenvalue weighted by molar-refractivity contribution is 0.579. The summed E-state index contributed by atoms with van der Waals surface area (Å²) in [5.74, 6) is -0.355. The van der Waals surface area contributed by atoms with Crippen molar-refractivity contribution >= 4 is 21.6 Å². The van der Waals surface area contributed by atoms with Crippen molar-refractivity contribution < 1.29 is 4.39 Å². The largest absolute Gasteiger partial charge is 0.367 e. The number of nitriles is 1. The first-order valence-electron chi connectivity index (χ1n) is 5.71. The molecule has 0 aliphatic carbocycles. The number of anilines is 1. The van der Waals surface area contributed by atoms with Gasteiger partial charge in [0, 0.05) is 12.6 Å². The molecule has 2 nitrogen and oxygen atoms in total. The normalized spacial score (nSPS) is 12.0. The molecule has 0 saturated heterocycles. The maximum Gasteiger partial charge on any atom is 0.161 e. The van der Waals surface area contributed by atoms with Crippen LogP contribution in [0, 0.1) is 17.1 Å². The highest BCUT2D eigenvalue weighted by molar-refractivity contribution is 9.10. The van der Waals surface area contributed by atoms with E-state index in [0.717, 1.165) is 13.0 Å². The highest BCUT2D eigenvalue weighted by Crippen LogP contribution is 2.30. The number of nitrogens with zero attached hydrogens (tertiary/aromatic N) is 2. The molecule has 0 fully saturated rings. The van der Waals surface area contributed by atoms with Crippen LogP contribution in [0.1, 0.15) is 32.8 Å². The molecule has 0 saturated carbocycles. The van der Waals surface area contributed by atoms with E-state index in [1.165, 1.54) is 0 Å². The summed E-state index contributed by atoms with van der Waals surface area (Å²) in [6, 6.07) is 5.55. The summed E-state index contributed by atoms with van der Waals surface area (Å²) >= 11 is 3.14. The lowest BCUT2D eigenvalue weighted by Gasteiger charge is -2.30. The predicted molar refractivity (Wildman–Crippen MR) is 71.6 cm³/mol. The Balaban J connectivity index is 3.23. The Morgan fingerprint density at radius 1 is 1.47 bits per heavy atom. The van der Waals surface area contributed by atoms with Crippen LogP contribution in [0.15, 0.2) is 16.6 Å². The molecule has 0 aliphatic heterocycles. The van der Waals surface area contributed by atoms with Gasteiger partial charge in [0.15, 0.2) is 5.82 Å². The van der Waals surface area contributed by atoms with Crippen molar-refractivity contribution in [2.45, 2.75) is 33.2 Å². The predicted octanol–water partition coefficient (Wildman–Crippen LogP) is 4.08. The summed E-state index contributed by atoms with van der Waals surface area (Å²) in [5, 5.41) is 8.82. The van der Waals surface area contributed by atoms with E-state index in [4.69, 9.17) is 5.26 Å². The monoisotopic (exact) mass is 298 g/mol. The van der Waals surface area contributed by atoms with Crippen LogP contribution in [0.2, 0.25) is 0 Å². The Bertz CT molecular complexity index is 440. The molecule has 1 unspecified atom stereocenters. The van der Waals surface area contributed by atoms with E-state index in [1.807, 2.05) is 17.9 Å². The number of hydrogen-bond acceptors (Lipinski definition) is 2. The quantitative estimate of drug-likeness (QED) is 0.837. The Labute approximate surface area is 110 Å². The van der Waals surface area contributed by atoms with Crippen LogP contribution in [0.5, 0.6) is 0 Å². The minimum Gasteiger partial charge on any atom is -0.367 e. The highest BCUT2D eigenvalue weighted by atomic mass is 79.9. The van der Waals surface area contributed by atoms with E-state index in [0.29, 0.717) is 11.3 Å². The van der Waals surface area contributed by atoms with Crippen LogP contribution in [0.25, 0.3) is 0 Å². The molecule has 17 heavy (non-hydrogen) atoms. The molecule has 0 aromatic heterocycles. The zero-order chi connectivity index (χ0) is 13.0. The molecular weight excluding hydrogens is 283 g/mol. The molecule has 1 aromatic rings. The minimum absolute atomic E-state index is 0.249. The van der Waals surface area contributed by atoms with E-state index in [-0.39, 0.29) is 16.3 Å². The molecule has 1 aromatic carbocycles. The lowest BCUT2D eigenvalue weighted by Crippen LogP contribution is -2.33. The fraction of sp³-hybridized carbons (Fsp3) is 0.462. The summed E-state index contributed by atoms with van der Waals surface area (Å²) in [7, 11) is 0. The van der Waals surface area contributed by atoms with Crippen molar-refractivity contribution in [2.24, 2.45) is 0 Å². The second-order valence-electron chi connectivity index (χ2n) is 3.92. The zero-order valence-electron chi connectivity index (χ0n) is 10.3. The smallest absolute Gasteiger partial charge is 0.161 e. The first kappa shape index (κ1) is 14.0. The third-order valence-corrected chi connectivity index (χ3v) is 3.73. The fourth-order valence-corrected chi connectivity index (χ4v) is 2.21. The minimum atomic E-state index is -0.355. The zero-order valence-corrected chi connectivity index (χ0v) is 11.9. The summed E-state index contributed by atoms with van der Waals surface area (Å²) in [5.41, 5.74) is 0.874. The summed E-state index contributed by atoms with van der Waals surface area (Å²) in [4.78, 5) is 2.00. The molecule has 0 amide bonds. The topological polar surface area (TPSA) is 27.0 Å². The molecule has 0 N–H and O–H groups in total. The Morgan fingerprint density at radius 3 is 2.59 bits per heavy atom. The van der Waals surface area contributed by atoms with Gasteiger partial charge in [0.2, 0.25) is 0 Å². The van der Waals surface area contributed by atoms with E-state index in [2.05, 4.69) is 29.8 Å². The van der Waals surface area contributed by atoms with Gasteiger partial charge in [0.1, 0.15) is 6.07 Å². The Hall–Kier alpha value is -1.08.